The second kappa shape index (κ2) is 9.72. The van der Waals surface area contributed by atoms with Crippen LogP contribution in [0, 0.1) is 0 Å². The number of aliphatic imine (C=N–C) groups is 1. The molecule has 0 atom stereocenters. The highest BCUT2D eigenvalue weighted by atomic mass is 127. The molecular weight excluding hydrogens is 469 g/mol. The van der Waals surface area contributed by atoms with Crippen molar-refractivity contribution < 1.29 is 14.2 Å². The van der Waals surface area contributed by atoms with Gasteiger partial charge in [0.1, 0.15) is 5.75 Å². The normalized spacial score (nSPS) is 13.4. The van der Waals surface area contributed by atoms with Crippen LogP contribution in [0.25, 0.3) is 0 Å². The Hall–Kier alpha value is -1.87. The van der Waals surface area contributed by atoms with Crippen LogP contribution in [0.1, 0.15) is 12.0 Å². The highest BCUT2D eigenvalue weighted by molar-refractivity contribution is 14.0. The molecule has 3 rings (SSSR count). The lowest BCUT2D eigenvalue weighted by atomic mass is 10.2. The number of rotatable bonds is 4. The van der Waals surface area contributed by atoms with Crippen LogP contribution >= 0.6 is 35.6 Å². The summed E-state index contributed by atoms with van der Waals surface area (Å²) in [6.45, 7) is 1.71. The van der Waals surface area contributed by atoms with Gasteiger partial charge in [0.2, 0.25) is 0 Å². The third-order valence-corrected chi connectivity index (χ3v) is 3.96. The Bertz CT molecular complexity index is 786. The van der Waals surface area contributed by atoms with Crippen LogP contribution in [-0.2, 0) is 6.54 Å². The van der Waals surface area contributed by atoms with E-state index in [0.29, 0.717) is 42.2 Å². The summed E-state index contributed by atoms with van der Waals surface area (Å²) < 4.78 is 16.4. The molecule has 2 aromatic rings. The van der Waals surface area contributed by atoms with Crippen molar-refractivity contribution in [3.05, 3.63) is 47.0 Å². The summed E-state index contributed by atoms with van der Waals surface area (Å²) in [5.74, 6) is 2.39. The number of ether oxygens (including phenoxy) is 3. The molecular formula is C18H21ClIN3O3. The molecule has 0 amide bonds. The monoisotopic (exact) mass is 489 g/mol. The minimum absolute atomic E-state index is 0. The topological polar surface area (TPSA) is 78.1 Å². The summed E-state index contributed by atoms with van der Waals surface area (Å²) in [5, 5.41) is 3.60. The molecule has 0 fully saturated rings. The molecule has 6 nitrogen and oxygen atoms in total. The van der Waals surface area contributed by atoms with Crippen molar-refractivity contribution >= 4 is 47.2 Å². The fraction of sp³-hybridized carbons (Fsp3) is 0.278. The maximum Gasteiger partial charge on any atom is 0.193 e. The number of halogens is 2. The van der Waals surface area contributed by atoms with Crippen molar-refractivity contribution in [2.75, 3.05) is 25.6 Å². The van der Waals surface area contributed by atoms with Gasteiger partial charge in [-0.1, -0.05) is 17.7 Å². The molecule has 8 heteroatoms. The average Bonchev–Trinajstić information content (AvgIpc) is 2.85. The van der Waals surface area contributed by atoms with E-state index < -0.39 is 0 Å². The number of anilines is 1. The van der Waals surface area contributed by atoms with E-state index in [2.05, 4.69) is 10.3 Å². The van der Waals surface area contributed by atoms with E-state index in [1.54, 1.807) is 13.2 Å². The van der Waals surface area contributed by atoms with Crippen molar-refractivity contribution in [1.82, 2.24) is 0 Å². The highest BCUT2D eigenvalue weighted by Gasteiger charge is 2.11. The van der Waals surface area contributed by atoms with Gasteiger partial charge < -0.3 is 25.3 Å². The summed E-state index contributed by atoms with van der Waals surface area (Å²) >= 11 is 6.11. The standard InChI is InChI=1S/C18H20ClN3O3.HI/c1-23-15-5-3-12(9-14(15)19)11-21-18(20)22-13-4-6-16-17(10-13)25-8-2-7-24-16;/h3-6,9-10H,2,7-8,11H2,1H3,(H3,20,21,22);1H. The molecule has 0 bridgehead atoms. The summed E-state index contributed by atoms with van der Waals surface area (Å²) in [7, 11) is 1.58. The van der Waals surface area contributed by atoms with Gasteiger partial charge in [0.05, 0.1) is 31.9 Å². The van der Waals surface area contributed by atoms with Gasteiger partial charge in [0, 0.05) is 18.2 Å². The first-order valence-electron chi connectivity index (χ1n) is 7.95. The van der Waals surface area contributed by atoms with Gasteiger partial charge in [-0.2, -0.15) is 0 Å². The second-order valence-corrected chi connectivity index (χ2v) is 5.91. The fourth-order valence-electron chi connectivity index (χ4n) is 2.41. The lowest BCUT2D eigenvalue weighted by Gasteiger charge is -2.11. The molecule has 1 heterocycles. The average molecular weight is 490 g/mol. The number of nitrogens with one attached hydrogen (secondary N) is 1. The highest BCUT2D eigenvalue weighted by Crippen LogP contribution is 2.32. The first kappa shape index (κ1) is 20.4. The zero-order chi connectivity index (χ0) is 17.6. The number of hydrogen-bond acceptors (Lipinski definition) is 4. The number of hydrogen-bond donors (Lipinski definition) is 2. The van der Waals surface area contributed by atoms with Crippen LogP contribution in [0.5, 0.6) is 17.2 Å². The Morgan fingerprint density at radius 2 is 1.96 bits per heavy atom. The van der Waals surface area contributed by atoms with E-state index in [1.807, 2.05) is 30.3 Å². The molecule has 0 saturated carbocycles. The molecule has 0 spiro atoms. The summed E-state index contributed by atoms with van der Waals surface area (Å²) in [5.41, 5.74) is 7.69. The number of benzene rings is 2. The van der Waals surface area contributed by atoms with Crippen LogP contribution in [-0.4, -0.2) is 26.3 Å². The SMILES string of the molecule is COc1ccc(CN=C(N)Nc2ccc3c(c2)OCCCO3)cc1Cl.I. The van der Waals surface area contributed by atoms with Gasteiger partial charge in [-0.05, 0) is 29.8 Å². The van der Waals surface area contributed by atoms with Gasteiger partial charge >= 0.3 is 0 Å². The zero-order valence-corrected chi connectivity index (χ0v) is 17.4. The lowest BCUT2D eigenvalue weighted by molar-refractivity contribution is 0.297. The van der Waals surface area contributed by atoms with Crippen molar-refractivity contribution in [3.63, 3.8) is 0 Å². The summed E-state index contributed by atoms with van der Waals surface area (Å²) in [4.78, 5) is 4.33. The van der Waals surface area contributed by atoms with Gasteiger partial charge in [-0.3, -0.25) is 0 Å². The lowest BCUT2D eigenvalue weighted by Crippen LogP contribution is -2.22. The van der Waals surface area contributed by atoms with E-state index in [0.717, 1.165) is 23.4 Å². The molecule has 0 radical (unpaired) electrons. The number of fused-ring (bicyclic) bond motifs is 1. The Labute approximate surface area is 174 Å². The first-order valence-corrected chi connectivity index (χ1v) is 8.32. The molecule has 2 aromatic carbocycles. The van der Waals surface area contributed by atoms with Crippen molar-refractivity contribution in [2.45, 2.75) is 13.0 Å². The minimum Gasteiger partial charge on any atom is -0.495 e. The van der Waals surface area contributed by atoms with Gasteiger partial charge in [-0.25, -0.2) is 4.99 Å². The minimum atomic E-state index is 0. The van der Waals surface area contributed by atoms with Crippen LogP contribution in [0.15, 0.2) is 41.4 Å². The molecule has 140 valence electrons. The number of guanidine groups is 1. The molecule has 1 aliphatic heterocycles. The number of nitrogens with zero attached hydrogens (tertiary/aromatic N) is 1. The second-order valence-electron chi connectivity index (χ2n) is 5.51. The van der Waals surface area contributed by atoms with Crippen molar-refractivity contribution in [2.24, 2.45) is 10.7 Å². The van der Waals surface area contributed by atoms with Crippen LogP contribution in [0.3, 0.4) is 0 Å². The molecule has 0 unspecified atom stereocenters. The number of nitrogens with two attached hydrogens (primary N) is 1. The van der Waals surface area contributed by atoms with E-state index in [4.69, 9.17) is 31.5 Å². The van der Waals surface area contributed by atoms with Crippen molar-refractivity contribution in [3.8, 4) is 17.2 Å². The predicted octanol–water partition coefficient (Wildman–Crippen LogP) is 4.05. The molecule has 26 heavy (non-hydrogen) atoms. The Kier molecular flexibility index (Phi) is 7.65. The Balaban J connectivity index is 0.00000243. The first-order chi connectivity index (χ1) is 12.2. The quantitative estimate of drug-likeness (QED) is 0.385. The smallest absolute Gasteiger partial charge is 0.193 e. The van der Waals surface area contributed by atoms with Crippen molar-refractivity contribution in [1.29, 1.82) is 0 Å². The van der Waals surface area contributed by atoms with Crippen LogP contribution < -0.4 is 25.3 Å². The molecule has 0 aromatic heterocycles. The fourth-order valence-corrected chi connectivity index (χ4v) is 2.69. The Morgan fingerprint density at radius 1 is 1.19 bits per heavy atom. The molecule has 3 N–H and O–H groups in total. The molecule has 0 saturated heterocycles. The molecule has 1 aliphatic rings. The van der Waals surface area contributed by atoms with Gasteiger partial charge in [0.15, 0.2) is 17.5 Å². The van der Waals surface area contributed by atoms with Gasteiger partial charge in [0.25, 0.3) is 0 Å². The largest absolute Gasteiger partial charge is 0.495 e. The summed E-state index contributed by atoms with van der Waals surface area (Å²) in [6.07, 6.45) is 0.867. The van der Waals surface area contributed by atoms with E-state index in [1.165, 1.54) is 0 Å². The van der Waals surface area contributed by atoms with Crippen LogP contribution in [0.2, 0.25) is 5.02 Å². The van der Waals surface area contributed by atoms with Crippen LogP contribution in [0.4, 0.5) is 5.69 Å². The maximum atomic E-state index is 6.11. The van der Waals surface area contributed by atoms with E-state index in [-0.39, 0.29) is 24.0 Å². The zero-order valence-electron chi connectivity index (χ0n) is 14.3. The Morgan fingerprint density at radius 3 is 2.69 bits per heavy atom. The van der Waals surface area contributed by atoms with Gasteiger partial charge in [-0.15, -0.1) is 24.0 Å². The third kappa shape index (κ3) is 5.31. The summed E-state index contributed by atoms with van der Waals surface area (Å²) in [6, 6.07) is 11.1. The third-order valence-electron chi connectivity index (χ3n) is 3.67. The number of methoxy groups -OCH3 is 1. The predicted molar refractivity (Wildman–Crippen MR) is 114 cm³/mol. The maximum absolute atomic E-state index is 6.11. The van der Waals surface area contributed by atoms with E-state index in [9.17, 15) is 0 Å². The van der Waals surface area contributed by atoms with E-state index >= 15 is 0 Å². The molecule has 0 aliphatic carbocycles.